The number of hydrogen-bond donors (Lipinski definition) is 1. The van der Waals surface area contributed by atoms with Crippen LogP contribution >= 0.6 is 12.6 Å². The topological polar surface area (TPSA) is 0 Å². The molecule has 0 fully saturated rings. The van der Waals surface area contributed by atoms with Gasteiger partial charge < -0.3 is 0 Å². The van der Waals surface area contributed by atoms with Gasteiger partial charge in [-0.25, -0.2) is 0 Å². The highest BCUT2D eigenvalue weighted by Crippen LogP contribution is 2.31. The lowest BCUT2D eigenvalue weighted by molar-refractivity contribution is -0.137. The van der Waals surface area contributed by atoms with Gasteiger partial charge in [0, 0.05) is 4.90 Å². The van der Waals surface area contributed by atoms with Gasteiger partial charge in [0.1, 0.15) is 0 Å². The lowest BCUT2D eigenvalue weighted by Gasteiger charge is -2.09. The number of alkyl halides is 3. The number of aryl methyl sites for hydroxylation is 1. The van der Waals surface area contributed by atoms with E-state index in [1.807, 2.05) is 0 Å². The van der Waals surface area contributed by atoms with Gasteiger partial charge in [0.05, 0.1) is 5.56 Å². The molecule has 0 aliphatic rings. The van der Waals surface area contributed by atoms with Gasteiger partial charge in [0.25, 0.3) is 0 Å². The molecule has 72 valence electrons. The van der Waals surface area contributed by atoms with E-state index in [0.29, 0.717) is 16.9 Å². The van der Waals surface area contributed by atoms with Crippen molar-refractivity contribution in [3.8, 4) is 0 Å². The highest BCUT2D eigenvalue weighted by atomic mass is 32.1. The summed E-state index contributed by atoms with van der Waals surface area (Å²) in [6.07, 6.45) is -3.70. The SMILES string of the molecule is CCc1cc(C(F)(F)F)ccc1S. The Hall–Kier alpha value is -0.640. The second-order valence-electron chi connectivity index (χ2n) is 2.69. The molecule has 0 atom stereocenters. The number of hydrogen-bond acceptors (Lipinski definition) is 1. The standard InChI is InChI=1S/C9H9F3S/c1-2-6-5-7(9(10,11)12)3-4-8(6)13/h3-5,13H,2H2,1H3. The summed E-state index contributed by atoms with van der Waals surface area (Å²) in [5, 5.41) is 0. The summed E-state index contributed by atoms with van der Waals surface area (Å²) in [6, 6.07) is 3.56. The maximum atomic E-state index is 12.2. The summed E-state index contributed by atoms with van der Waals surface area (Å²) < 4.78 is 36.6. The number of rotatable bonds is 1. The minimum absolute atomic E-state index is 0.558. The predicted octanol–water partition coefficient (Wildman–Crippen LogP) is 3.56. The first-order valence-electron chi connectivity index (χ1n) is 3.84. The Labute approximate surface area is 80.2 Å². The number of benzene rings is 1. The molecule has 1 rings (SSSR count). The van der Waals surface area contributed by atoms with Crippen LogP contribution in [0, 0.1) is 0 Å². The third-order valence-corrected chi connectivity index (χ3v) is 2.22. The Balaban J connectivity index is 3.14. The molecular formula is C9H9F3S. The van der Waals surface area contributed by atoms with E-state index in [1.54, 1.807) is 6.92 Å². The van der Waals surface area contributed by atoms with E-state index in [4.69, 9.17) is 0 Å². The molecule has 0 radical (unpaired) electrons. The fourth-order valence-corrected chi connectivity index (χ4v) is 1.34. The molecule has 0 amide bonds. The maximum absolute atomic E-state index is 12.2. The summed E-state index contributed by atoms with van der Waals surface area (Å²) in [5.41, 5.74) is 0.0142. The van der Waals surface area contributed by atoms with Crippen molar-refractivity contribution >= 4 is 12.6 Å². The van der Waals surface area contributed by atoms with Crippen LogP contribution in [0.15, 0.2) is 23.1 Å². The first kappa shape index (κ1) is 10.4. The van der Waals surface area contributed by atoms with Crippen molar-refractivity contribution in [2.45, 2.75) is 24.4 Å². The van der Waals surface area contributed by atoms with Gasteiger partial charge in [-0.1, -0.05) is 6.92 Å². The minimum Gasteiger partial charge on any atom is -0.166 e. The molecule has 0 aliphatic carbocycles. The molecule has 0 N–H and O–H groups in total. The maximum Gasteiger partial charge on any atom is 0.416 e. The molecule has 1 aromatic carbocycles. The molecule has 0 saturated carbocycles. The summed E-state index contributed by atoms with van der Waals surface area (Å²) in [7, 11) is 0. The smallest absolute Gasteiger partial charge is 0.166 e. The van der Waals surface area contributed by atoms with Crippen LogP contribution in [-0.4, -0.2) is 0 Å². The van der Waals surface area contributed by atoms with Crippen molar-refractivity contribution < 1.29 is 13.2 Å². The van der Waals surface area contributed by atoms with Gasteiger partial charge in [-0.05, 0) is 30.2 Å². The monoisotopic (exact) mass is 206 g/mol. The molecule has 0 heterocycles. The first-order valence-corrected chi connectivity index (χ1v) is 4.29. The van der Waals surface area contributed by atoms with Crippen LogP contribution in [0.2, 0.25) is 0 Å². The molecule has 4 heteroatoms. The molecular weight excluding hydrogens is 197 g/mol. The predicted molar refractivity (Wildman–Crippen MR) is 48.1 cm³/mol. The van der Waals surface area contributed by atoms with Crippen molar-refractivity contribution in [3.63, 3.8) is 0 Å². The number of halogens is 3. The summed E-state index contributed by atoms with van der Waals surface area (Å²) >= 11 is 4.05. The lowest BCUT2D eigenvalue weighted by atomic mass is 10.1. The molecule has 0 saturated heterocycles. The zero-order chi connectivity index (χ0) is 10.1. The van der Waals surface area contributed by atoms with Gasteiger partial charge in [-0.15, -0.1) is 12.6 Å². The van der Waals surface area contributed by atoms with Crippen LogP contribution in [-0.2, 0) is 12.6 Å². The molecule has 13 heavy (non-hydrogen) atoms. The molecule has 0 unspecified atom stereocenters. The van der Waals surface area contributed by atoms with Crippen molar-refractivity contribution in [3.05, 3.63) is 29.3 Å². The van der Waals surface area contributed by atoms with E-state index in [0.717, 1.165) is 12.1 Å². The molecule has 0 bridgehead atoms. The van der Waals surface area contributed by atoms with Crippen LogP contribution < -0.4 is 0 Å². The average Bonchev–Trinajstić information content (AvgIpc) is 2.03. The second-order valence-corrected chi connectivity index (χ2v) is 3.18. The van der Waals surface area contributed by atoms with Gasteiger partial charge >= 0.3 is 6.18 Å². The largest absolute Gasteiger partial charge is 0.416 e. The summed E-state index contributed by atoms with van der Waals surface area (Å²) in [6.45, 7) is 1.80. The Morgan fingerprint density at radius 2 is 1.92 bits per heavy atom. The zero-order valence-corrected chi connectivity index (χ0v) is 7.91. The van der Waals surface area contributed by atoms with Crippen molar-refractivity contribution in [2.75, 3.05) is 0 Å². The minimum atomic E-state index is -4.26. The fraction of sp³-hybridized carbons (Fsp3) is 0.333. The Kier molecular flexibility index (Phi) is 2.91. The van der Waals surface area contributed by atoms with Gasteiger partial charge in [-0.2, -0.15) is 13.2 Å². The van der Waals surface area contributed by atoms with E-state index < -0.39 is 11.7 Å². The number of thiol groups is 1. The third-order valence-electron chi connectivity index (χ3n) is 1.79. The highest BCUT2D eigenvalue weighted by molar-refractivity contribution is 7.80. The lowest BCUT2D eigenvalue weighted by Crippen LogP contribution is -2.05. The van der Waals surface area contributed by atoms with E-state index in [-0.39, 0.29) is 0 Å². The van der Waals surface area contributed by atoms with E-state index >= 15 is 0 Å². The molecule has 0 nitrogen and oxygen atoms in total. The van der Waals surface area contributed by atoms with E-state index in [1.165, 1.54) is 6.07 Å². The molecule has 0 aliphatic heterocycles. The van der Waals surface area contributed by atoms with Crippen molar-refractivity contribution in [1.82, 2.24) is 0 Å². The summed E-state index contributed by atoms with van der Waals surface area (Å²) in [5.74, 6) is 0. The highest BCUT2D eigenvalue weighted by Gasteiger charge is 2.30. The first-order chi connectivity index (χ1) is 5.95. The van der Waals surface area contributed by atoms with Crippen molar-refractivity contribution in [1.29, 1.82) is 0 Å². The van der Waals surface area contributed by atoms with Crippen LogP contribution in [0.5, 0.6) is 0 Å². The average molecular weight is 206 g/mol. The Bertz CT molecular complexity index is 304. The van der Waals surface area contributed by atoms with Gasteiger partial charge in [0.2, 0.25) is 0 Å². The van der Waals surface area contributed by atoms with Gasteiger partial charge in [-0.3, -0.25) is 0 Å². The summed E-state index contributed by atoms with van der Waals surface area (Å²) in [4.78, 5) is 0.607. The van der Waals surface area contributed by atoms with Crippen molar-refractivity contribution in [2.24, 2.45) is 0 Å². The van der Waals surface area contributed by atoms with E-state index in [2.05, 4.69) is 12.6 Å². The third kappa shape index (κ3) is 2.40. The van der Waals surface area contributed by atoms with Crippen LogP contribution in [0.3, 0.4) is 0 Å². The molecule has 0 aromatic heterocycles. The van der Waals surface area contributed by atoms with Crippen LogP contribution in [0.1, 0.15) is 18.1 Å². The van der Waals surface area contributed by atoms with Crippen LogP contribution in [0.25, 0.3) is 0 Å². The quantitative estimate of drug-likeness (QED) is 0.667. The Morgan fingerprint density at radius 3 is 2.38 bits per heavy atom. The Morgan fingerprint density at radius 1 is 1.31 bits per heavy atom. The zero-order valence-electron chi connectivity index (χ0n) is 7.02. The fourth-order valence-electron chi connectivity index (χ4n) is 1.05. The van der Waals surface area contributed by atoms with Gasteiger partial charge in [0.15, 0.2) is 0 Å². The second kappa shape index (κ2) is 3.62. The van der Waals surface area contributed by atoms with Crippen LogP contribution in [0.4, 0.5) is 13.2 Å². The van der Waals surface area contributed by atoms with E-state index in [9.17, 15) is 13.2 Å². The molecule has 1 aromatic rings. The normalized spacial score (nSPS) is 11.8. The molecule has 0 spiro atoms.